The van der Waals surface area contributed by atoms with Crippen LogP contribution in [0.3, 0.4) is 0 Å². The lowest BCUT2D eigenvalue weighted by molar-refractivity contribution is -0.130. The van der Waals surface area contributed by atoms with Crippen LogP contribution in [-0.4, -0.2) is 66.6 Å². The second-order valence-electron chi connectivity index (χ2n) is 19.3. The number of anilines is 2. The molecule has 2 aliphatic carbocycles. The summed E-state index contributed by atoms with van der Waals surface area (Å²) in [6.45, 7) is 2.49. The number of carbonyl (C=O) groups excluding carboxylic acids is 4. The van der Waals surface area contributed by atoms with Gasteiger partial charge in [-0.05, 0) is 136 Å². The largest absolute Gasteiger partial charge is 0.347 e. The molecule has 0 spiro atoms. The number of benzene rings is 6. The van der Waals surface area contributed by atoms with Gasteiger partial charge >= 0.3 is 0 Å². The maximum Gasteiger partial charge on any atom is 0.267 e. The Morgan fingerprint density at radius 1 is 0.514 bits per heavy atom. The predicted octanol–water partition coefficient (Wildman–Crippen LogP) is 9.75. The maximum atomic E-state index is 16.1. The number of nitrogens with one attached hydrogen (secondary N) is 2. The van der Waals surface area contributed by atoms with E-state index in [9.17, 15) is 28.0 Å². The van der Waals surface area contributed by atoms with Crippen molar-refractivity contribution in [2.24, 2.45) is 11.8 Å². The average molecular weight is 973 g/mol. The van der Waals surface area contributed by atoms with Gasteiger partial charge < -0.3 is 10.6 Å². The van der Waals surface area contributed by atoms with Crippen molar-refractivity contribution in [1.29, 1.82) is 0 Å². The topological polar surface area (TPSA) is 134 Å². The Morgan fingerprint density at radius 3 is 1.21 bits per heavy atom. The van der Waals surface area contributed by atoms with Gasteiger partial charge in [-0.15, -0.1) is 0 Å². The zero-order chi connectivity index (χ0) is 50.1. The Morgan fingerprint density at radius 2 is 0.861 bits per heavy atom. The summed E-state index contributed by atoms with van der Waals surface area (Å²) in [6, 6.07) is 37.6. The summed E-state index contributed by atoms with van der Waals surface area (Å²) in [6.07, 6.45) is 6.43. The quantitative estimate of drug-likeness (QED) is 0.131. The Bertz CT molecular complexity index is 3150. The first-order chi connectivity index (χ1) is 34.7. The molecule has 0 unspecified atom stereocenters. The van der Waals surface area contributed by atoms with Crippen molar-refractivity contribution in [2.75, 3.05) is 9.80 Å². The normalized spacial score (nSPS) is 23.9. The monoisotopic (exact) mass is 972 g/mol. The van der Waals surface area contributed by atoms with Crippen LogP contribution in [0.4, 0.5) is 28.9 Å². The van der Waals surface area contributed by atoms with E-state index < -0.39 is 47.3 Å². The lowest BCUT2D eigenvalue weighted by Gasteiger charge is -2.29. The third-order valence-corrected chi connectivity index (χ3v) is 14.2. The first kappa shape index (κ1) is 46.3. The highest BCUT2D eigenvalue weighted by Gasteiger charge is 2.61. The van der Waals surface area contributed by atoms with E-state index in [0.717, 1.165) is 58.6 Å². The van der Waals surface area contributed by atoms with E-state index in [1.807, 2.05) is 72.8 Å². The van der Waals surface area contributed by atoms with Crippen LogP contribution >= 0.6 is 0 Å². The molecule has 2 saturated heterocycles. The van der Waals surface area contributed by atoms with Gasteiger partial charge in [-0.3, -0.25) is 29.0 Å². The van der Waals surface area contributed by atoms with Crippen molar-refractivity contribution in [3.63, 3.8) is 0 Å². The van der Waals surface area contributed by atoms with Crippen LogP contribution in [0, 0.1) is 23.5 Å². The van der Waals surface area contributed by atoms with Crippen LogP contribution in [-0.2, 0) is 19.2 Å². The molecule has 8 aromatic rings. The summed E-state index contributed by atoms with van der Waals surface area (Å²) in [5.74, 6) is -2.74. The molecule has 2 saturated carbocycles. The predicted molar refractivity (Wildman–Crippen MR) is 264 cm³/mol. The molecule has 0 radical (unpaired) electrons. The number of fused-ring (bicyclic) bond motifs is 2. The second-order valence-corrected chi connectivity index (χ2v) is 19.3. The van der Waals surface area contributed by atoms with E-state index in [1.54, 1.807) is 70.3 Å². The Hall–Kier alpha value is -8.14. The van der Waals surface area contributed by atoms with Gasteiger partial charge in [-0.1, -0.05) is 60.7 Å². The summed E-state index contributed by atoms with van der Waals surface area (Å²) in [5.41, 5.74) is 0.793. The minimum absolute atomic E-state index is 0.116. The molecule has 4 amide bonds. The molecule has 6 aromatic carbocycles. The molecular weight excluding hydrogens is 925 g/mol. The first-order valence-electron chi connectivity index (χ1n) is 23.9. The van der Waals surface area contributed by atoms with Gasteiger partial charge in [0.05, 0.1) is 59.0 Å². The van der Waals surface area contributed by atoms with Crippen molar-refractivity contribution in [3.8, 4) is 11.4 Å². The first-order valence-corrected chi connectivity index (χ1v) is 23.9. The highest BCUT2D eigenvalue weighted by molar-refractivity contribution is 6.06. The van der Waals surface area contributed by atoms with Crippen molar-refractivity contribution in [1.82, 2.24) is 30.2 Å². The molecule has 2 N–H and O–H groups in total. The molecule has 12 nitrogen and oxygen atoms in total. The highest BCUT2D eigenvalue weighted by Crippen LogP contribution is 2.47. The molecule has 4 heterocycles. The number of rotatable bonds is 10. The molecule has 72 heavy (non-hydrogen) atoms. The number of carbonyl (C=O) groups is 4. The number of alkyl halides is 2. The van der Waals surface area contributed by atoms with Crippen LogP contribution in [0.2, 0.25) is 0 Å². The molecule has 4 aliphatic rings. The number of hydrogen-bond donors (Lipinski definition) is 2. The van der Waals surface area contributed by atoms with Gasteiger partial charge in [0, 0.05) is 34.0 Å². The number of nitrogens with zero attached hydrogens (tertiary/aromatic N) is 6. The van der Waals surface area contributed by atoms with Gasteiger partial charge in [0.2, 0.25) is 23.2 Å². The van der Waals surface area contributed by atoms with E-state index in [-0.39, 0.29) is 35.3 Å². The van der Waals surface area contributed by atoms with E-state index in [0.29, 0.717) is 22.7 Å². The number of hydrogen-bond acceptors (Lipinski definition) is 6. The minimum atomic E-state index is -2.29. The Balaban J connectivity index is 0.000000156. The SMILES string of the molecule is C[C@@]1(F)C(=O)N(c2ccc3c(cnn3-c3ccc(F)cc3)c2)[C@H](c2ccccc2)[C@H]1NC(=O)C1CC1.C[C@]1(F)C(=O)N(c2ccc3c(cnn3-c3ccc(F)cc3)c2)[C@H](c2ccccc2)[C@H]1NC(=O)C1CC1. The summed E-state index contributed by atoms with van der Waals surface area (Å²) in [4.78, 5) is 55.3. The molecule has 6 atom stereocenters. The molecular formula is C56H48F4N8O4. The van der Waals surface area contributed by atoms with E-state index in [1.165, 1.54) is 47.9 Å². The molecule has 12 rings (SSSR count). The highest BCUT2D eigenvalue weighted by atomic mass is 19.2. The summed E-state index contributed by atoms with van der Waals surface area (Å²) >= 11 is 0. The Labute approximate surface area is 411 Å². The molecule has 2 aromatic heterocycles. The summed E-state index contributed by atoms with van der Waals surface area (Å²) in [7, 11) is 0. The van der Waals surface area contributed by atoms with Crippen LogP contribution in [0.15, 0.2) is 158 Å². The van der Waals surface area contributed by atoms with E-state index >= 15 is 8.78 Å². The lowest BCUT2D eigenvalue weighted by Crippen LogP contribution is -2.50. The third kappa shape index (κ3) is 8.33. The van der Waals surface area contributed by atoms with Crippen LogP contribution < -0.4 is 20.4 Å². The standard InChI is InChI=1S/2C28H24F2N4O2/c2*1-28(30)25(32-26(35)18-7-8-18)24(17-5-3-2-4-6-17)33(27(28)36)22-13-14-23-19(15-22)16-31-34(23)21-11-9-20(29)10-12-21/h2*2-6,9-16,18,24-25H,7-8H2,1H3,(H,32,35)/t24-,25-,28+;24-,25-,28-/m11/s1. The van der Waals surface area contributed by atoms with Crippen LogP contribution in [0.1, 0.15) is 62.7 Å². The van der Waals surface area contributed by atoms with E-state index in [4.69, 9.17) is 0 Å². The molecule has 0 bridgehead atoms. The molecule has 16 heteroatoms. The van der Waals surface area contributed by atoms with Crippen LogP contribution in [0.25, 0.3) is 33.2 Å². The zero-order valence-corrected chi connectivity index (χ0v) is 39.1. The fourth-order valence-corrected chi connectivity index (χ4v) is 10.00. The molecule has 2 aliphatic heterocycles. The molecule has 364 valence electrons. The van der Waals surface area contributed by atoms with Crippen molar-refractivity contribution >= 4 is 56.8 Å². The summed E-state index contributed by atoms with van der Waals surface area (Å²) in [5, 5.41) is 16.0. The fraction of sp³-hybridized carbons (Fsp3) is 0.250. The lowest BCUT2D eigenvalue weighted by atomic mass is 9.92. The molecule has 4 fully saturated rings. The van der Waals surface area contributed by atoms with Gasteiger partial charge in [0.1, 0.15) is 11.6 Å². The second kappa shape index (κ2) is 17.9. The number of amides is 4. The average Bonchev–Trinajstić information content (AvgIpc) is 4.32. The van der Waals surface area contributed by atoms with Crippen molar-refractivity contribution in [3.05, 3.63) is 181 Å². The van der Waals surface area contributed by atoms with Crippen LogP contribution in [0.5, 0.6) is 0 Å². The Kier molecular flexibility index (Phi) is 11.5. The van der Waals surface area contributed by atoms with Gasteiger partial charge in [0.15, 0.2) is 0 Å². The van der Waals surface area contributed by atoms with E-state index in [2.05, 4.69) is 20.8 Å². The van der Waals surface area contributed by atoms with Crippen molar-refractivity contribution in [2.45, 2.75) is 75.0 Å². The maximum absolute atomic E-state index is 16.1. The number of halogens is 4. The minimum Gasteiger partial charge on any atom is -0.347 e. The summed E-state index contributed by atoms with van der Waals surface area (Å²) < 4.78 is 62.3. The van der Waals surface area contributed by atoms with Crippen molar-refractivity contribution < 1.29 is 36.7 Å². The fourth-order valence-electron chi connectivity index (χ4n) is 10.00. The third-order valence-electron chi connectivity index (χ3n) is 14.2. The zero-order valence-electron chi connectivity index (χ0n) is 39.1. The number of aromatic nitrogens is 4. The van der Waals surface area contributed by atoms with Gasteiger partial charge in [-0.2, -0.15) is 10.2 Å². The van der Waals surface area contributed by atoms with Gasteiger partial charge in [0.25, 0.3) is 11.8 Å². The van der Waals surface area contributed by atoms with Gasteiger partial charge in [-0.25, -0.2) is 26.9 Å². The smallest absolute Gasteiger partial charge is 0.267 e.